The van der Waals surface area contributed by atoms with E-state index in [1.54, 1.807) is 11.8 Å². The molecule has 0 radical (unpaired) electrons. The number of carboxylic acid groups (broad SMARTS) is 1. The second kappa shape index (κ2) is 7.70. The van der Waals surface area contributed by atoms with Crippen LogP contribution in [0.25, 0.3) is 0 Å². The molecule has 1 aromatic carbocycles. The molecule has 0 aliphatic heterocycles. The molecule has 1 unspecified atom stereocenters. The van der Waals surface area contributed by atoms with Crippen LogP contribution in [0.1, 0.15) is 50.1 Å². The van der Waals surface area contributed by atoms with E-state index >= 15 is 0 Å². The van der Waals surface area contributed by atoms with Gasteiger partial charge in [0.05, 0.1) is 0 Å². The highest BCUT2D eigenvalue weighted by atomic mass is 32.2. The van der Waals surface area contributed by atoms with Crippen LogP contribution < -0.4 is 5.32 Å². The van der Waals surface area contributed by atoms with Crippen LogP contribution in [-0.2, 0) is 4.79 Å². The molecule has 0 aromatic heterocycles. The Bertz CT molecular complexity index is 425. The van der Waals surface area contributed by atoms with E-state index in [9.17, 15) is 9.90 Å². The minimum atomic E-state index is -0.786. The van der Waals surface area contributed by atoms with Gasteiger partial charge in [-0.15, -0.1) is 11.8 Å². The van der Waals surface area contributed by atoms with E-state index in [0.717, 1.165) is 23.3 Å². The first-order chi connectivity index (χ1) is 9.70. The lowest BCUT2D eigenvalue weighted by Gasteiger charge is -2.22. The lowest BCUT2D eigenvalue weighted by molar-refractivity contribution is -0.140. The summed E-state index contributed by atoms with van der Waals surface area (Å²) in [7, 11) is 0. The Balaban J connectivity index is 2.07. The van der Waals surface area contributed by atoms with Crippen molar-refractivity contribution in [3.63, 3.8) is 0 Å². The summed E-state index contributed by atoms with van der Waals surface area (Å²) < 4.78 is 0. The SMILES string of the molecule is CSc1ccc(C(NC2CCCCCC2)C(=O)O)cc1. The minimum Gasteiger partial charge on any atom is -0.480 e. The molecule has 2 rings (SSSR count). The quantitative estimate of drug-likeness (QED) is 0.639. The fourth-order valence-corrected chi connectivity index (χ4v) is 3.20. The van der Waals surface area contributed by atoms with Gasteiger partial charge in [-0.3, -0.25) is 10.1 Å². The maximum Gasteiger partial charge on any atom is 0.325 e. The van der Waals surface area contributed by atoms with E-state index in [-0.39, 0.29) is 0 Å². The number of carbonyl (C=O) groups is 1. The monoisotopic (exact) mass is 293 g/mol. The number of aliphatic carboxylic acids is 1. The molecule has 2 N–H and O–H groups in total. The van der Waals surface area contributed by atoms with E-state index < -0.39 is 12.0 Å². The summed E-state index contributed by atoms with van der Waals surface area (Å²) >= 11 is 1.67. The van der Waals surface area contributed by atoms with Crippen LogP contribution in [0.2, 0.25) is 0 Å². The van der Waals surface area contributed by atoms with Gasteiger partial charge in [0.1, 0.15) is 6.04 Å². The summed E-state index contributed by atoms with van der Waals surface area (Å²) in [5.41, 5.74) is 0.847. The van der Waals surface area contributed by atoms with Gasteiger partial charge in [-0.2, -0.15) is 0 Å². The molecular formula is C16H23NO2S. The van der Waals surface area contributed by atoms with Crippen LogP contribution in [0.15, 0.2) is 29.2 Å². The highest BCUT2D eigenvalue weighted by Gasteiger charge is 2.23. The van der Waals surface area contributed by atoms with E-state index in [0.29, 0.717) is 6.04 Å². The molecule has 1 fully saturated rings. The fourth-order valence-electron chi connectivity index (χ4n) is 2.79. The first-order valence-corrected chi connectivity index (χ1v) is 8.56. The van der Waals surface area contributed by atoms with E-state index in [1.165, 1.54) is 25.7 Å². The van der Waals surface area contributed by atoms with Crippen LogP contribution in [-0.4, -0.2) is 23.4 Å². The summed E-state index contributed by atoms with van der Waals surface area (Å²) in [5.74, 6) is -0.786. The molecule has 0 spiro atoms. The van der Waals surface area contributed by atoms with Crippen molar-refractivity contribution < 1.29 is 9.90 Å². The van der Waals surface area contributed by atoms with Gasteiger partial charge in [0.25, 0.3) is 0 Å². The number of benzene rings is 1. The van der Waals surface area contributed by atoms with Gasteiger partial charge in [-0.1, -0.05) is 37.8 Å². The average Bonchev–Trinajstić information content (AvgIpc) is 2.73. The Kier molecular flexibility index (Phi) is 5.92. The maximum absolute atomic E-state index is 11.5. The van der Waals surface area contributed by atoms with Gasteiger partial charge < -0.3 is 5.11 Å². The molecule has 20 heavy (non-hydrogen) atoms. The molecule has 0 bridgehead atoms. The normalized spacial score (nSPS) is 18.4. The van der Waals surface area contributed by atoms with Gasteiger partial charge in [-0.05, 0) is 36.8 Å². The predicted octanol–water partition coefficient (Wildman–Crippen LogP) is 3.85. The Morgan fingerprint density at radius 2 is 1.80 bits per heavy atom. The Morgan fingerprint density at radius 1 is 1.20 bits per heavy atom. The number of carboxylic acids is 1. The Morgan fingerprint density at radius 3 is 2.30 bits per heavy atom. The highest BCUT2D eigenvalue weighted by Crippen LogP contribution is 2.23. The van der Waals surface area contributed by atoms with E-state index in [2.05, 4.69) is 5.32 Å². The summed E-state index contributed by atoms with van der Waals surface area (Å²) in [6.45, 7) is 0. The maximum atomic E-state index is 11.5. The third-order valence-corrected chi connectivity index (χ3v) is 4.70. The molecule has 0 heterocycles. The van der Waals surface area contributed by atoms with Crippen LogP contribution >= 0.6 is 11.8 Å². The zero-order chi connectivity index (χ0) is 14.4. The third kappa shape index (κ3) is 4.25. The smallest absolute Gasteiger partial charge is 0.325 e. The standard InChI is InChI=1S/C16H23NO2S/c1-20-14-10-8-12(9-11-14)15(16(18)19)17-13-6-4-2-3-5-7-13/h8-11,13,15,17H,2-7H2,1H3,(H,18,19). The number of nitrogens with one attached hydrogen (secondary N) is 1. The lowest BCUT2D eigenvalue weighted by Crippen LogP contribution is -2.36. The van der Waals surface area contributed by atoms with Crippen LogP contribution in [0, 0.1) is 0 Å². The summed E-state index contributed by atoms with van der Waals surface area (Å²) in [5, 5.41) is 12.8. The van der Waals surface area contributed by atoms with E-state index in [1.807, 2.05) is 30.5 Å². The zero-order valence-electron chi connectivity index (χ0n) is 12.0. The Hall–Kier alpha value is -1.00. The van der Waals surface area contributed by atoms with Crippen LogP contribution in [0.3, 0.4) is 0 Å². The van der Waals surface area contributed by atoms with Crippen LogP contribution in [0.4, 0.5) is 0 Å². The minimum absolute atomic E-state index is 0.332. The predicted molar refractivity (Wildman–Crippen MR) is 83.2 cm³/mol. The number of hydrogen-bond donors (Lipinski definition) is 2. The lowest BCUT2D eigenvalue weighted by atomic mass is 10.0. The first kappa shape index (κ1) is 15.4. The van der Waals surface area contributed by atoms with E-state index in [4.69, 9.17) is 0 Å². The first-order valence-electron chi connectivity index (χ1n) is 7.33. The molecular weight excluding hydrogens is 270 g/mol. The molecule has 1 aliphatic carbocycles. The van der Waals surface area contributed by atoms with Gasteiger partial charge in [0.2, 0.25) is 0 Å². The summed E-state index contributed by atoms with van der Waals surface area (Å²) in [4.78, 5) is 12.7. The zero-order valence-corrected chi connectivity index (χ0v) is 12.8. The van der Waals surface area contributed by atoms with Crippen molar-refractivity contribution in [1.29, 1.82) is 0 Å². The van der Waals surface area contributed by atoms with Crippen molar-refractivity contribution in [3.8, 4) is 0 Å². The second-order valence-electron chi connectivity index (χ2n) is 5.40. The van der Waals surface area contributed by atoms with Crippen molar-refractivity contribution in [2.75, 3.05) is 6.26 Å². The average molecular weight is 293 g/mol. The Labute approximate surface area is 125 Å². The molecule has 3 nitrogen and oxygen atoms in total. The van der Waals surface area contributed by atoms with Gasteiger partial charge in [0, 0.05) is 10.9 Å². The molecule has 1 aliphatic rings. The van der Waals surface area contributed by atoms with Crippen molar-refractivity contribution >= 4 is 17.7 Å². The van der Waals surface area contributed by atoms with Gasteiger partial charge in [-0.25, -0.2) is 0 Å². The fraction of sp³-hybridized carbons (Fsp3) is 0.562. The topological polar surface area (TPSA) is 49.3 Å². The molecule has 0 amide bonds. The second-order valence-corrected chi connectivity index (χ2v) is 6.28. The van der Waals surface area contributed by atoms with Gasteiger partial charge >= 0.3 is 5.97 Å². The molecule has 1 saturated carbocycles. The number of thioether (sulfide) groups is 1. The largest absolute Gasteiger partial charge is 0.480 e. The number of hydrogen-bond acceptors (Lipinski definition) is 3. The van der Waals surface area contributed by atoms with Gasteiger partial charge in [0.15, 0.2) is 0 Å². The van der Waals surface area contributed by atoms with Crippen molar-refractivity contribution in [1.82, 2.24) is 5.32 Å². The molecule has 4 heteroatoms. The third-order valence-electron chi connectivity index (χ3n) is 3.95. The molecule has 1 aromatic rings. The summed E-state index contributed by atoms with van der Waals surface area (Å²) in [6.07, 6.45) is 9.16. The number of rotatable bonds is 5. The summed E-state index contributed by atoms with van der Waals surface area (Å²) in [6, 6.07) is 7.57. The highest BCUT2D eigenvalue weighted by molar-refractivity contribution is 7.98. The van der Waals surface area contributed by atoms with Crippen molar-refractivity contribution in [3.05, 3.63) is 29.8 Å². The molecule has 1 atom stereocenters. The van der Waals surface area contributed by atoms with Crippen molar-refractivity contribution in [2.24, 2.45) is 0 Å². The van der Waals surface area contributed by atoms with Crippen LogP contribution in [0.5, 0.6) is 0 Å². The van der Waals surface area contributed by atoms with Crippen molar-refractivity contribution in [2.45, 2.75) is 55.5 Å². The molecule has 110 valence electrons. The molecule has 0 saturated heterocycles.